The molecule has 2 aromatic carbocycles. The second kappa shape index (κ2) is 9.27. The molecule has 0 saturated heterocycles. The molecule has 16 heteroatoms. The van der Waals surface area contributed by atoms with Gasteiger partial charge in [-0.25, -0.2) is 12.7 Å². The molecular weight excluding hydrogens is 515 g/mol. The molecule has 0 aliphatic heterocycles. The molecule has 3 rings (SSSR count). The monoisotopic (exact) mass is 533 g/mol. The first-order valence-electron chi connectivity index (χ1n) is 9.42. The Morgan fingerprint density at radius 3 is 2.31 bits per heavy atom. The van der Waals surface area contributed by atoms with Crippen molar-refractivity contribution in [2.45, 2.75) is 10.4 Å². The summed E-state index contributed by atoms with van der Waals surface area (Å²) in [4.78, 5) is 3.37. The van der Waals surface area contributed by atoms with Crippen molar-refractivity contribution in [2.24, 2.45) is 10.2 Å². The fourth-order valence-corrected chi connectivity index (χ4v) is 4.44. The number of alkyl halides is 3. The van der Waals surface area contributed by atoms with Gasteiger partial charge in [-0.3, -0.25) is 4.72 Å². The molecule has 0 amide bonds. The number of hydrogen-bond donors (Lipinski definition) is 2. The zero-order chi connectivity index (χ0) is 26.2. The first-order valence-corrected chi connectivity index (χ1v) is 12.3. The zero-order valence-electron chi connectivity index (χ0n) is 18.3. The maximum atomic E-state index is 13.0. The number of aromatic nitrogens is 1. The Bertz CT molecular complexity index is 1520. The Morgan fingerprint density at radius 1 is 1.06 bits per heavy atom. The van der Waals surface area contributed by atoms with Gasteiger partial charge in [-0.2, -0.15) is 26.6 Å². The molecule has 2 N–H and O–H groups in total. The number of hydrogen-bond acceptors (Lipinski definition) is 9. The lowest BCUT2D eigenvalue weighted by atomic mass is 10.1. The maximum Gasteiger partial charge on any atom is 0.516 e. The minimum atomic E-state index is -5.86. The number of anilines is 1. The van der Waals surface area contributed by atoms with E-state index in [9.17, 15) is 35.1 Å². The fourth-order valence-electron chi connectivity index (χ4n) is 2.86. The van der Waals surface area contributed by atoms with Crippen LogP contribution in [0.25, 0.3) is 10.8 Å². The number of aromatic hydroxyl groups is 1. The quantitative estimate of drug-likeness (QED) is 0.438. The Labute approximate surface area is 198 Å². The summed E-state index contributed by atoms with van der Waals surface area (Å²) in [5.41, 5.74) is -6.61. The van der Waals surface area contributed by atoms with Crippen molar-refractivity contribution in [3.63, 3.8) is 0 Å². The second-order valence-corrected chi connectivity index (χ2v) is 10.8. The minimum absolute atomic E-state index is 0.00375. The predicted octanol–water partition coefficient (Wildman–Crippen LogP) is 3.88. The van der Waals surface area contributed by atoms with E-state index in [-0.39, 0.29) is 28.2 Å². The zero-order valence-corrected chi connectivity index (χ0v) is 19.9. The standard InChI is InChI=1S/C19H18F3N5O6S2/c1-27(2)34(29,30)14-10-13(24-25-15-8-5-9-16(23-15)33-3)17-11(18(14)28)6-4-7-12(17)26-35(31,32)19(20,21)22/h4-10,26,28H,1-3H3. The van der Waals surface area contributed by atoms with Gasteiger partial charge < -0.3 is 9.84 Å². The van der Waals surface area contributed by atoms with E-state index in [1.165, 1.54) is 50.2 Å². The molecule has 0 saturated carbocycles. The highest BCUT2D eigenvalue weighted by Crippen LogP contribution is 2.44. The normalized spacial score (nSPS) is 13.0. The van der Waals surface area contributed by atoms with Crippen molar-refractivity contribution in [3.8, 4) is 11.6 Å². The molecule has 1 aromatic heterocycles. The molecular formula is C19H18F3N5O6S2. The SMILES string of the molecule is COc1cccc(N=Nc2cc(S(=O)(=O)N(C)C)c(O)c3cccc(NS(=O)(=O)C(F)(F)F)c23)n1. The molecule has 188 valence electrons. The number of phenolic OH excluding ortho intramolecular Hbond substituents is 1. The van der Waals surface area contributed by atoms with Crippen molar-refractivity contribution in [1.29, 1.82) is 0 Å². The molecule has 11 nitrogen and oxygen atoms in total. The molecule has 0 aliphatic rings. The summed E-state index contributed by atoms with van der Waals surface area (Å²) in [5, 5.41) is 17.8. The summed E-state index contributed by atoms with van der Waals surface area (Å²) in [7, 11) is -6.36. The van der Waals surface area contributed by atoms with Crippen molar-refractivity contribution < 1.29 is 39.9 Å². The predicted molar refractivity (Wildman–Crippen MR) is 120 cm³/mol. The Hall–Kier alpha value is -3.50. The van der Waals surface area contributed by atoms with Crippen LogP contribution in [0.15, 0.2) is 57.6 Å². The topological polar surface area (TPSA) is 151 Å². The lowest BCUT2D eigenvalue weighted by Gasteiger charge is -2.17. The van der Waals surface area contributed by atoms with Gasteiger partial charge in [0.25, 0.3) is 0 Å². The number of fused-ring (bicyclic) bond motifs is 1. The van der Waals surface area contributed by atoms with Crippen LogP contribution in [0.5, 0.6) is 11.6 Å². The summed E-state index contributed by atoms with van der Waals surface area (Å²) >= 11 is 0. The van der Waals surface area contributed by atoms with E-state index in [1.807, 2.05) is 0 Å². The number of ether oxygens (including phenoxy) is 1. The van der Waals surface area contributed by atoms with E-state index in [0.717, 1.165) is 22.5 Å². The van der Waals surface area contributed by atoms with E-state index in [2.05, 4.69) is 15.2 Å². The highest BCUT2D eigenvalue weighted by Gasteiger charge is 2.46. The number of rotatable bonds is 7. The van der Waals surface area contributed by atoms with Gasteiger partial charge in [0.05, 0.1) is 18.5 Å². The summed E-state index contributed by atoms with van der Waals surface area (Å²) in [5.74, 6) is -0.650. The Morgan fingerprint density at radius 2 is 1.71 bits per heavy atom. The number of nitrogens with one attached hydrogen (secondary N) is 1. The number of halogens is 3. The number of methoxy groups -OCH3 is 1. The van der Waals surface area contributed by atoms with Gasteiger partial charge in [-0.1, -0.05) is 18.2 Å². The number of nitrogens with zero attached hydrogens (tertiary/aromatic N) is 4. The number of pyridine rings is 1. The average molecular weight is 534 g/mol. The molecule has 0 atom stereocenters. The van der Waals surface area contributed by atoms with Gasteiger partial charge in [0.1, 0.15) is 10.6 Å². The molecule has 0 aliphatic carbocycles. The van der Waals surface area contributed by atoms with E-state index in [0.29, 0.717) is 0 Å². The molecule has 3 aromatic rings. The average Bonchev–Trinajstić information content (AvgIpc) is 2.77. The third-order valence-electron chi connectivity index (χ3n) is 4.56. The van der Waals surface area contributed by atoms with Crippen LogP contribution in [0.3, 0.4) is 0 Å². The molecule has 0 unspecified atom stereocenters. The van der Waals surface area contributed by atoms with E-state index >= 15 is 0 Å². The minimum Gasteiger partial charge on any atom is -0.506 e. The largest absolute Gasteiger partial charge is 0.516 e. The summed E-state index contributed by atoms with van der Waals surface area (Å²) < 4.78 is 95.2. The highest BCUT2D eigenvalue weighted by atomic mass is 32.2. The lowest BCUT2D eigenvalue weighted by molar-refractivity contribution is -0.0429. The van der Waals surface area contributed by atoms with Gasteiger partial charge >= 0.3 is 15.5 Å². The first kappa shape index (κ1) is 26.1. The molecule has 0 spiro atoms. The van der Waals surface area contributed by atoms with Crippen LogP contribution in [0.4, 0.5) is 30.4 Å². The van der Waals surface area contributed by atoms with E-state index in [1.54, 1.807) is 0 Å². The third-order valence-corrected chi connectivity index (χ3v) is 7.49. The van der Waals surface area contributed by atoms with E-state index in [4.69, 9.17) is 4.74 Å². The second-order valence-electron chi connectivity index (χ2n) is 7.05. The van der Waals surface area contributed by atoms with Gasteiger partial charge in [-0.15, -0.1) is 10.2 Å². The number of sulfonamides is 2. The van der Waals surface area contributed by atoms with Crippen LogP contribution < -0.4 is 9.46 Å². The summed E-state index contributed by atoms with van der Waals surface area (Å²) in [6.07, 6.45) is 0. The number of benzene rings is 2. The van der Waals surface area contributed by atoms with Crippen molar-refractivity contribution in [3.05, 3.63) is 42.5 Å². The fraction of sp³-hybridized carbons (Fsp3) is 0.211. The van der Waals surface area contributed by atoms with Crippen LogP contribution in [0.1, 0.15) is 0 Å². The van der Waals surface area contributed by atoms with Gasteiger partial charge in [-0.05, 0) is 18.2 Å². The first-order chi connectivity index (χ1) is 16.2. The van der Waals surface area contributed by atoms with Crippen LogP contribution in [0.2, 0.25) is 0 Å². The van der Waals surface area contributed by atoms with Crippen LogP contribution in [-0.2, 0) is 20.0 Å². The van der Waals surface area contributed by atoms with Crippen molar-refractivity contribution in [2.75, 3.05) is 25.9 Å². The Kier molecular flexibility index (Phi) is 6.92. The lowest BCUT2D eigenvalue weighted by Crippen LogP contribution is -2.30. The molecule has 0 fully saturated rings. The van der Waals surface area contributed by atoms with Crippen molar-refractivity contribution >= 4 is 48.0 Å². The third kappa shape index (κ3) is 5.13. The number of phenols is 1. The molecule has 0 bridgehead atoms. The molecule has 0 radical (unpaired) electrons. The van der Waals surface area contributed by atoms with Crippen LogP contribution >= 0.6 is 0 Å². The van der Waals surface area contributed by atoms with Crippen LogP contribution in [0, 0.1) is 0 Å². The summed E-state index contributed by atoms with van der Waals surface area (Å²) in [6.45, 7) is 0. The van der Waals surface area contributed by atoms with E-state index < -0.39 is 41.9 Å². The smallest absolute Gasteiger partial charge is 0.506 e. The van der Waals surface area contributed by atoms with Crippen LogP contribution in [-0.4, -0.2) is 57.9 Å². The van der Waals surface area contributed by atoms with Gasteiger partial charge in [0, 0.05) is 30.9 Å². The Balaban J connectivity index is 2.35. The maximum absolute atomic E-state index is 13.0. The highest BCUT2D eigenvalue weighted by molar-refractivity contribution is 7.93. The molecule has 35 heavy (non-hydrogen) atoms. The van der Waals surface area contributed by atoms with Gasteiger partial charge in [0.2, 0.25) is 15.9 Å². The molecule has 1 heterocycles. The van der Waals surface area contributed by atoms with Crippen molar-refractivity contribution in [1.82, 2.24) is 9.29 Å². The number of azo groups is 1. The summed E-state index contributed by atoms with van der Waals surface area (Å²) in [6, 6.07) is 8.64. The van der Waals surface area contributed by atoms with Gasteiger partial charge in [0.15, 0.2) is 5.82 Å².